The van der Waals surface area contributed by atoms with Gasteiger partial charge in [0.2, 0.25) is 0 Å². The molecule has 0 aliphatic carbocycles. The second-order valence-corrected chi connectivity index (χ2v) is 4.22. The van der Waals surface area contributed by atoms with Crippen molar-refractivity contribution in [3.05, 3.63) is 35.9 Å². The minimum atomic E-state index is -0.948. The van der Waals surface area contributed by atoms with Crippen LogP contribution < -0.4 is 4.74 Å². The molecular weight excluding hydrogens is 264 g/mol. The molecule has 0 bridgehead atoms. The highest BCUT2D eigenvalue weighted by molar-refractivity contribution is 6.17. The SMILES string of the molecule is CCCCCCl.COc1ccc(/C=C/C(=O)O)cc1. The first-order valence-electron chi connectivity index (χ1n) is 6.25. The highest BCUT2D eigenvalue weighted by atomic mass is 35.5. The van der Waals surface area contributed by atoms with Crippen molar-refractivity contribution in [3.8, 4) is 5.75 Å². The van der Waals surface area contributed by atoms with Gasteiger partial charge in [0.05, 0.1) is 7.11 Å². The smallest absolute Gasteiger partial charge is 0.328 e. The maximum atomic E-state index is 10.2. The minimum absolute atomic E-state index is 0.757. The number of unbranched alkanes of at least 4 members (excludes halogenated alkanes) is 2. The Morgan fingerprint density at radius 3 is 2.32 bits per heavy atom. The van der Waals surface area contributed by atoms with E-state index >= 15 is 0 Å². The summed E-state index contributed by atoms with van der Waals surface area (Å²) in [5, 5.41) is 8.36. The van der Waals surface area contributed by atoms with Crippen LogP contribution in [0, 0.1) is 0 Å². The van der Waals surface area contributed by atoms with Gasteiger partial charge in [0.1, 0.15) is 5.75 Å². The van der Waals surface area contributed by atoms with Crippen LogP contribution in [0.5, 0.6) is 5.75 Å². The van der Waals surface area contributed by atoms with E-state index in [1.807, 2.05) is 0 Å². The van der Waals surface area contributed by atoms with E-state index in [1.54, 1.807) is 31.4 Å². The third-order valence-electron chi connectivity index (χ3n) is 2.27. The number of ether oxygens (including phenoxy) is 1. The zero-order valence-electron chi connectivity index (χ0n) is 11.4. The van der Waals surface area contributed by atoms with Crippen molar-refractivity contribution in [2.75, 3.05) is 13.0 Å². The van der Waals surface area contributed by atoms with Crippen molar-refractivity contribution >= 4 is 23.6 Å². The molecule has 0 aliphatic heterocycles. The number of hydrogen-bond acceptors (Lipinski definition) is 2. The van der Waals surface area contributed by atoms with E-state index in [2.05, 4.69) is 6.92 Å². The lowest BCUT2D eigenvalue weighted by Crippen LogP contribution is -1.86. The molecule has 1 aromatic rings. The summed E-state index contributed by atoms with van der Waals surface area (Å²) in [6.07, 6.45) is 6.36. The van der Waals surface area contributed by atoms with Gasteiger partial charge >= 0.3 is 5.97 Å². The Labute approximate surface area is 119 Å². The number of rotatable bonds is 6. The fourth-order valence-electron chi connectivity index (χ4n) is 1.23. The van der Waals surface area contributed by atoms with Crippen molar-refractivity contribution in [3.63, 3.8) is 0 Å². The number of carbonyl (C=O) groups is 1. The number of carboxylic acid groups (broad SMARTS) is 1. The Kier molecular flexibility index (Phi) is 10.7. The summed E-state index contributed by atoms with van der Waals surface area (Å²) in [5.41, 5.74) is 0.836. The first-order valence-corrected chi connectivity index (χ1v) is 6.78. The van der Waals surface area contributed by atoms with Crippen molar-refractivity contribution in [1.29, 1.82) is 0 Å². The average Bonchev–Trinajstić information content (AvgIpc) is 2.44. The third kappa shape index (κ3) is 10.2. The first-order chi connectivity index (χ1) is 9.13. The number of hydrogen-bond donors (Lipinski definition) is 1. The molecule has 0 heterocycles. The van der Waals surface area contributed by atoms with Crippen LogP contribution in [0.2, 0.25) is 0 Å². The highest BCUT2D eigenvalue weighted by Crippen LogP contribution is 2.11. The Balaban J connectivity index is 0.000000459. The average molecular weight is 285 g/mol. The van der Waals surface area contributed by atoms with E-state index in [0.717, 1.165) is 23.3 Å². The first kappa shape index (κ1) is 17.5. The Hall–Kier alpha value is -1.48. The maximum absolute atomic E-state index is 10.2. The number of alkyl halides is 1. The lowest BCUT2D eigenvalue weighted by molar-refractivity contribution is -0.131. The summed E-state index contributed by atoms with van der Waals surface area (Å²) in [6, 6.07) is 7.14. The molecule has 0 spiro atoms. The zero-order chi connectivity index (χ0) is 14.5. The van der Waals surface area contributed by atoms with Gasteiger partial charge in [0.25, 0.3) is 0 Å². The molecule has 3 nitrogen and oxygen atoms in total. The van der Waals surface area contributed by atoms with Crippen LogP contribution >= 0.6 is 11.6 Å². The van der Waals surface area contributed by atoms with Gasteiger partial charge in [-0.2, -0.15) is 0 Å². The number of aliphatic carboxylic acids is 1. The standard InChI is InChI=1S/C10H10O3.C5H11Cl/c1-13-9-5-2-8(3-6-9)4-7-10(11)12;1-2-3-4-5-6/h2-7H,1H3,(H,11,12);2-5H2,1H3/b7-4+;. The van der Waals surface area contributed by atoms with Gasteiger partial charge in [0.15, 0.2) is 0 Å². The molecule has 0 aromatic heterocycles. The monoisotopic (exact) mass is 284 g/mol. The Morgan fingerprint density at radius 2 is 1.95 bits per heavy atom. The summed E-state index contributed by atoms with van der Waals surface area (Å²) >= 11 is 5.38. The van der Waals surface area contributed by atoms with Gasteiger partial charge in [-0.15, -0.1) is 11.6 Å². The summed E-state index contributed by atoms with van der Waals surface area (Å²) in [4.78, 5) is 10.2. The van der Waals surface area contributed by atoms with E-state index in [9.17, 15) is 4.79 Å². The van der Waals surface area contributed by atoms with E-state index in [4.69, 9.17) is 21.4 Å². The summed E-state index contributed by atoms with van der Waals surface area (Å²) < 4.78 is 4.95. The van der Waals surface area contributed by atoms with Crippen LogP contribution in [0.15, 0.2) is 30.3 Å². The zero-order valence-corrected chi connectivity index (χ0v) is 12.2. The van der Waals surface area contributed by atoms with Gasteiger partial charge in [-0.3, -0.25) is 0 Å². The minimum Gasteiger partial charge on any atom is -0.497 e. The van der Waals surface area contributed by atoms with Gasteiger partial charge < -0.3 is 9.84 Å². The molecule has 19 heavy (non-hydrogen) atoms. The molecule has 1 aromatic carbocycles. The maximum Gasteiger partial charge on any atom is 0.328 e. The largest absolute Gasteiger partial charge is 0.497 e. The lowest BCUT2D eigenvalue weighted by Gasteiger charge is -1.98. The molecule has 0 atom stereocenters. The summed E-state index contributed by atoms with van der Waals surface area (Å²) in [6.45, 7) is 2.17. The molecule has 0 unspecified atom stereocenters. The van der Waals surface area contributed by atoms with E-state index in [1.165, 1.54) is 25.3 Å². The second kappa shape index (κ2) is 11.6. The Bertz CT molecular complexity index is 367. The number of methoxy groups -OCH3 is 1. The lowest BCUT2D eigenvalue weighted by atomic mass is 10.2. The molecule has 0 radical (unpaired) electrons. The van der Waals surface area contributed by atoms with E-state index < -0.39 is 5.97 Å². The van der Waals surface area contributed by atoms with Gasteiger partial charge in [-0.25, -0.2) is 4.79 Å². The van der Waals surface area contributed by atoms with Gasteiger partial charge in [-0.1, -0.05) is 31.9 Å². The molecule has 0 saturated heterocycles. The molecule has 106 valence electrons. The van der Waals surface area contributed by atoms with Crippen molar-refractivity contribution in [1.82, 2.24) is 0 Å². The molecular formula is C15H21ClO3. The second-order valence-electron chi connectivity index (χ2n) is 3.84. The predicted octanol–water partition coefficient (Wildman–Crippen LogP) is 4.21. The van der Waals surface area contributed by atoms with E-state index in [0.29, 0.717) is 0 Å². The van der Waals surface area contributed by atoms with Crippen molar-refractivity contribution in [2.45, 2.75) is 26.2 Å². The normalized spacial score (nSPS) is 9.84. The van der Waals surface area contributed by atoms with Crippen LogP contribution in [0.4, 0.5) is 0 Å². The molecule has 1 rings (SSSR count). The van der Waals surface area contributed by atoms with Crippen LogP contribution in [0.1, 0.15) is 31.7 Å². The number of halogens is 1. The van der Waals surface area contributed by atoms with Crippen LogP contribution in [0.3, 0.4) is 0 Å². The van der Waals surface area contributed by atoms with Gasteiger partial charge in [-0.05, 0) is 30.2 Å². The summed E-state index contributed by atoms with van der Waals surface area (Å²) in [7, 11) is 1.59. The topological polar surface area (TPSA) is 46.5 Å². The fraction of sp³-hybridized carbons (Fsp3) is 0.400. The highest BCUT2D eigenvalue weighted by Gasteiger charge is 1.91. The van der Waals surface area contributed by atoms with Crippen molar-refractivity contribution in [2.24, 2.45) is 0 Å². The third-order valence-corrected chi connectivity index (χ3v) is 2.54. The molecule has 1 N–H and O–H groups in total. The Morgan fingerprint density at radius 1 is 1.32 bits per heavy atom. The molecule has 4 heteroatoms. The molecule has 0 saturated carbocycles. The van der Waals surface area contributed by atoms with E-state index in [-0.39, 0.29) is 0 Å². The molecule has 0 aliphatic rings. The van der Waals surface area contributed by atoms with Crippen LogP contribution in [-0.4, -0.2) is 24.1 Å². The number of carboxylic acids is 1. The number of benzene rings is 1. The summed E-state index contributed by atoms with van der Waals surface area (Å²) in [5.74, 6) is 0.636. The fourth-order valence-corrected chi connectivity index (χ4v) is 1.42. The van der Waals surface area contributed by atoms with Crippen molar-refractivity contribution < 1.29 is 14.6 Å². The van der Waals surface area contributed by atoms with Crippen LogP contribution in [0.25, 0.3) is 6.08 Å². The quantitative estimate of drug-likeness (QED) is 0.483. The van der Waals surface area contributed by atoms with Crippen LogP contribution in [-0.2, 0) is 4.79 Å². The predicted molar refractivity (Wildman–Crippen MR) is 79.9 cm³/mol. The molecule has 0 amide bonds. The molecule has 0 fully saturated rings. The van der Waals surface area contributed by atoms with Gasteiger partial charge in [0, 0.05) is 12.0 Å².